The molecule has 0 saturated heterocycles. The van der Waals surface area contributed by atoms with Gasteiger partial charge >= 0.3 is 0 Å². The first-order valence-corrected chi connectivity index (χ1v) is 8.49. The molecular formula is C16H14BrFN8O2. The number of amidine groups is 1. The zero-order chi connectivity index (χ0) is 20.1. The molecule has 10 nitrogen and oxygen atoms in total. The van der Waals surface area contributed by atoms with Gasteiger partial charge in [0.1, 0.15) is 5.82 Å². The molecule has 12 heteroatoms. The van der Waals surface area contributed by atoms with E-state index in [1.807, 2.05) is 5.48 Å². The number of halogens is 2. The zero-order valence-electron chi connectivity index (χ0n) is 14.1. The Morgan fingerprint density at radius 2 is 1.89 bits per heavy atom. The van der Waals surface area contributed by atoms with Crippen LogP contribution in [0, 0.1) is 5.82 Å². The monoisotopic (exact) mass is 448 g/mol. The van der Waals surface area contributed by atoms with Crippen molar-refractivity contribution >= 4 is 50.6 Å². The molecule has 0 atom stereocenters. The van der Waals surface area contributed by atoms with Gasteiger partial charge in [-0.2, -0.15) is 4.99 Å². The summed E-state index contributed by atoms with van der Waals surface area (Å²) in [5.41, 5.74) is 15.0. The molecule has 0 aliphatic heterocycles. The summed E-state index contributed by atoms with van der Waals surface area (Å²) in [7, 11) is 0. The van der Waals surface area contributed by atoms with E-state index in [1.165, 1.54) is 18.2 Å². The van der Waals surface area contributed by atoms with Crippen molar-refractivity contribution in [2.75, 3.05) is 11.1 Å². The number of rotatable bonds is 4. The minimum Gasteiger partial charge on any atom is -0.399 e. The summed E-state index contributed by atoms with van der Waals surface area (Å²) in [4.78, 5) is 8.20. The normalized spacial score (nSPS) is 12.1. The average molecular weight is 449 g/mol. The van der Waals surface area contributed by atoms with E-state index in [0.29, 0.717) is 17.1 Å². The summed E-state index contributed by atoms with van der Waals surface area (Å²) < 4.78 is 18.2. The SMILES string of the molecule is NC(=Nc1nonc1C(=Nc1ccc(F)c(Br)c1)NO)Nc1ccc(N)cc1. The quantitative estimate of drug-likeness (QED) is 0.176. The number of hydroxylamine groups is 1. The Morgan fingerprint density at radius 1 is 1.14 bits per heavy atom. The first-order valence-electron chi connectivity index (χ1n) is 7.70. The van der Waals surface area contributed by atoms with Crippen molar-refractivity contribution in [2.24, 2.45) is 15.7 Å². The minimum atomic E-state index is -0.452. The van der Waals surface area contributed by atoms with E-state index in [1.54, 1.807) is 24.3 Å². The van der Waals surface area contributed by atoms with Crippen LogP contribution in [0.15, 0.2) is 61.6 Å². The number of nitrogens with zero attached hydrogens (tertiary/aromatic N) is 4. The van der Waals surface area contributed by atoms with Crippen LogP contribution in [0.4, 0.5) is 27.3 Å². The summed E-state index contributed by atoms with van der Waals surface area (Å²) in [5.74, 6) is -0.628. The van der Waals surface area contributed by atoms with Crippen LogP contribution in [0.5, 0.6) is 0 Å². The zero-order valence-corrected chi connectivity index (χ0v) is 15.7. The number of hydrogen-bond acceptors (Lipinski definition) is 7. The number of benzene rings is 2. The lowest BCUT2D eigenvalue weighted by atomic mass is 10.3. The molecule has 3 rings (SSSR count). The molecule has 0 spiro atoms. The number of anilines is 2. The number of aromatic nitrogens is 2. The third-order valence-corrected chi connectivity index (χ3v) is 3.96. The van der Waals surface area contributed by atoms with E-state index in [0.717, 1.165) is 0 Å². The fourth-order valence-corrected chi connectivity index (χ4v) is 2.44. The molecule has 0 aliphatic carbocycles. The minimum absolute atomic E-state index is 0.00926. The van der Waals surface area contributed by atoms with Gasteiger partial charge in [-0.1, -0.05) is 0 Å². The lowest BCUT2D eigenvalue weighted by molar-refractivity contribution is 0.234. The highest BCUT2D eigenvalue weighted by atomic mass is 79.9. The number of hydrogen-bond donors (Lipinski definition) is 5. The number of nitrogens with one attached hydrogen (secondary N) is 2. The molecule has 0 radical (unpaired) electrons. The van der Waals surface area contributed by atoms with Gasteiger partial charge in [0.15, 0.2) is 17.5 Å². The molecular weight excluding hydrogens is 435 g/mol. The molecule has 0 unspecified atom stereocenters. The lowest BCUT2D eigenvalue weighted by Crippen LogP contribution is -2.23. The van der Waals surface area contributed by atoms with E-state index < -0.39 is 5.82 Å². The number of aliphatic imine (C=N–C) groups is 2. The highest BCUT2D eigenvalue weighted by Crippen LogP contribution is 2.23. The number of nitrogens with two attached hydrogens (primary N) is 2. The van der Waals surface area contributed by atoms with Crippen molar-refractivity contribution in [3.8, 4) is 0 Å². The molecule has 1 aromatic heterocycles. The molecule has 2 aromatic carbocycles. The van der Waals surface area contributed by atoms with Crippen molar-refractivity contribution in [1.29, 1.82) is 0 Å². The van der Waals surface area contributed by atoms with Gasteiger partial charge in [-0.15, -0.1) is 0 Å². The second kappa shape index (κ2) is 8.45. The highest BCUT2D eigenvalue weighted by molar-refractivity contribution is 9.10. The fourth-order valence-electron chi connectivity index (χ4n) is 2.08. The van der Waals surface area contributed by atoms with E-state index in [2.05, 4.69) is 46.2 Å². The first-order chi connectivity index (χ1) is 13.5. The predicted octanol–water partition coefficient (Wildman–Crippen LogP) is 2.67. The first kappa shape index (κ1) is 19.3. The van der Waals surface area contributed by atoms with Crippen LogP contribution >= 0.6 is 15.9 Å². The Labute approximate surface area is 166 Å². The van der Waals surface area contributed by atoms with Crippen molar-refractivity contribution in [3.05, 3.63) is 58.4 Å². The van der Waals surface area contributed by atoms with Crippen LogP contribution in [0.25, 0.3) is 0 Å². The molecule has 0 fully saturated rings. The lowest BCUT2D eigenvalue weighted by Gasteiger charge is -2.05. The van der Waals surface area contributed by atoms with Crippen molar-refractivity contribution in [2.45, 2.75) is 0 Å². The molecule has 0 amide bonds. The molecule has 1 heterocycles. The Hall–Kier alpha value is -3.51. The van der Waals surface area contributed by atoms with Gasteiger partial charge in [0.2, 0.25) is 5.82 Å². The maximum absolute atomic E-state index is 13.4. The summed E-state index contributed by atoms with van der Waals surface area (Å²) in [6.07, 6.45) is 0. The smallest absolute Gasteiger partial charge is 0.231 e. The van der Waals surface area contributed by atoms with Gasteiger partial charge in [0.25, 0.3) is 0 Å². The third-order valence-electron chi connectivity index (χ3n) is 3.35. The second-order valence-corrected chi connectivity index (χ2v) is 6.21. The summed E-state index contributed by atoms with van der Waals surface area (Å²) >= 11 is 3.06. The van der Waals surface area contributed by atoms with E-state index >= 15 is 0 Å². The largest absolute Gasteiger partial charge is 0.399 e. The molecule has 3 aromatic rings. The van der Waals surface area contributed by atoms with Crippen LogP contribution in [0.3, 0.4) is 0 Å². The number of nitrogen functional groups attached to an aromatic ring is 1. The van der Waals surface area contributed by atoms with Gasteiger partial charge in [-0.3, -0.25) is 10.7 Å². The topological polar surface area (TPSA) is 160 Å². The third kappa shape index (κ3) is 4.61. The van der Waals surface area contributed by atoms with Crippen molar-refractivity contribution < 1.29 is 14.2 Å². The van der Waals surface area contributed by atoms with Crippen LogP contribution < -0.4 is 22.3 Å². The second-order valence-electron chi connectivity index (χ2n) is 5.35. The van der Waals surface area contributed by atoms with Crippen LogP contribution in [-0.4, -0.2) is 27.3 Å². The summed E-state index contributed by atoms with van der Waals surface area (Å²) in [6, 6.07) is 10.9. The average Bonchev–Trinajstić information content (AvgIpc) is 3.12. The van der Waals surface area contributed by atoms with Gasteiger partial charge in [0, 0.05) is 11.4 Å². The van der Waals surface area contributed by atoms with E-state index in [-0.39, 0.29) is 27.8 Å². The van der Waals surface area contributed by atoms with Crippen LogP contribution in [-0.2, 0) is 0 Å². The van der Waals surface area contributed by atoms with Crippen LogP contribution in [0.1, 0.15) is 5.69 Å². The standard InChI is InChI=1S/C16H14BrFN8O2/c17-11-7-10(5-6-12(11)18)21-14(24-27)13-15(26-28-25-13)23-16(20)22-9-3-1-8(19)2-4-9/h1-7,27H,19H2,(H,21,24)(H3,20,22,23,26). The molecule has 0 bridgehead atoms. The predicted molar refractivity (Wildman–Crippen MR) is 105 cm³/mol. The molecule has 0 aliphatic rings. The molecule has 28 heavy (non-hydrogen) atoms. The molecule has 0 saturated carbocycles. The summed E-state index contributed by atoms with van der Waals surface area (Å²) in [6.45, 7) is 0. The Kier molecular flexibility index (Phi) is 5.81. The number of guanidine groups is 1. The maximum Gasteiger partial charge on any atom is 0.231 e. The Bertz CT molecular complexity index is 1040. The Morgan fingerprint density at radius 3 is 2.57 bits per heavy atom. The van der Waals surface area contributed by atoms with Crippen LogP contribution in [0.2, 0.25) is 0 Å². The Balaban J connectivity index is 1.87. The highest BCUT2D eigenvalue weighted by Gasteiger charge is 2.17. The van der Waals surface area contributed by atoms with Gasteiger partial charge in [-0.25, -0.2) is 14.0 Å². The summed E-state index contributed by atoms with van der Waals surface area (Å²) in [5, 5.41) is 19.6. The van der Waals surface area contributed by atoms with Crippen molar-refractivity contribution in [1.82, 2.24) is 15.8 Å². The van der Waals surface area contributed by atoms with Gasteiger partial charge in [0.05, 0.1) is 10.2 Å². The van der Waals surface area contributed by atoms with E-state index in [9.17, 15) is 9.60 Å². The fraction of sp³-hybridized carbons (Fsp3) is 0. The molecule has 7 N–H and O–H groups in total. The van der Waals surface area contributed by atoms with E-state index in [4.69, 9.17) is 11.5 Å². The maximum atomic E-state index is 13.4. The van der Waals surface area contributed by atoms with Gasteiger partial charge in [-0.05, 0) is 68.7 Å². The van der Waals surface area contributed by atoms with Crippen molar-refractivity contribution in [3.63, 3.8) is 0 Å². The van der Waals surface area contributed by atoms with Gasteiger partial charge < -0.3 is 16.8 Å². The molecule has 144 valence electrons.